The van der Waals surface area contributed by atoms with Gasteiger partial charge < -0.3 is 13.7 Å². The van der Waals surface area contributed by atoms with Crippen LogP contribution in [0.5, 0.6) is 17.2 Å². The number of methoxy groups -OCH3 is 2. The highest BCUT2D eigenvalue weighted by molar-refractivity contribution is 7.87. The van der Waals surface area contributed by atoms with Crippen molar-refractivity contribution in [3.63, 3.8) is 0 Å². The molecule has 2 aromatic carbocycles. The topological polar surface area (TPSA) is 61.8 Å². The number of hydrogen-bond donors (Lipinski definition) is 0. The maximum absolute atomic E-state index is 12.3. The largest absolute Gasteiger partial charge is 0.493 e. The summed E-state index contributed by atoms with van der Waals surface area (Å²) in [5.74, 6) is 1.08. The molecule has 0 fully saturated rings. The minimum atomic E-state index is -3.93. The standard InChI is InChI=1S/C15H16O5S/c1-11-6-4-5-7-13(11)20-21(16,17)12-8-9-14(18-2)15(10-12)19-3/h4-10H,1-3H3. The monoisotopic (exact) mass is 308 g/mol. The Bertz CT molecular complexity index is 737. The Hall–Kier alpha value is -2.21. The van der Waals surface area contributed by atoms with Crippen LogP contribution in [0, 0.1) is 6.92 Å². The molecule has 0 spiro atoms. The summed E-state index contributed by atoms with van der Waals surface area (Å²) in [5.41, 5.74) is 0.738. The molecule has 0 unspecified atom stereocenters. The normalized spacial score (nSPS) is 11.0. The summed E-state index contributed by atoms with van der Waals surface area (Å²) in [6, 6.07) is 11.2. The van der Waals surface area contributed by atoms with Gasteiger partial charge in [0.1, 0.15) is 10.6 Å². The van der Waals surface area contributed by atoms with Crippen molar-refractivity contribution in [2.24, 2.45) is 0 Å². The van der Waals surface area contributed by atoms with Crippen LogP contribution in [-0.2, 0) is 10.1 Å². The summed E-state index contributed by atoms with van der Waals surface area (Å²) in [4.78, 5) is 0.00315. The molecule has 21 heavy (non-hydrogen) atoms. The minimum Gasteiger partial charge on any atom is -0.493 e. The fraction of sp³-hybridized carbons (Fsp3) is 0.200. The molecular weight excluding hydrogens is 292 g/mol. The van der Waals surface area contributed by atoms with Gasteiger partial charge in [-0.15, -0.1) is 0 Å². The summed E-state index contributed by atoms with van der Waals surface area (Å²) < 4.78 is 40.0. The molecule has 2 rings (SSSR count). The minimum absolute atomic E-state index is 0.00315. The average molecular weight is 308 g/mol. The highest BCUT2D eigenvalue weighted by Crippen LogP contribution is 2.31. The van der Waals surface area contributed by atoms with Crippen LogP contribution in [0.15, 0.2) is 47.4 Å². The highest BCUT2D eigenvalue weighted by atomic mass is 32.2. The fourth-order valence-corrected chi connectivity index (χ4v) is 2.79. The maximum Gasteiger partial charge on any atom is 0.339 e. The first-order valence-electron chi connectivity index (χ1n) is 6.20. The van der Waals surface area contributed by atoms with Gasteiger partial charge in [0.15, 0.2) is 11.5 Å². The molecule has 0 aliphatic heterocycles. The molecule has 0 bridgehead atoms. The Morgan fingerprint density at radius 3 is 2.14 bits per heavy atom. The van der Waals surface area contributed by atoms with Crippen LogP contribution in [0.25, 0.3) is 0 Å². The molecule has 0 N–H and O–H groups in total. The third kappa shape index (κ3) is 3.28. The zero-order valence-corrected chi connectivity index (χ0v) is 12.8. The van der Waals surface area contributed by atoms with E-state index in [0.717, 1.165) is 5.56 Å². The average Bonchev–Trinajstić information content (AvgIpc) is 2.48. The van der Waals surface area contributed by atoms with Gasteiger partial charge in [-0.3, -0.25) is 0 Å². The van der Waals surface area contributed by atoms with Crippen LogP contribution in [0.2, 0.25) is 0 Å². The SMILES string of the molecule is COc1ccc(S(=O)(=O)Oc2ccccc2C)cc1OC. The van der Waals surface area contributed by atoms with E-state index in [1.807, 2.05) is 6.07 Å². The molecule has 112 valence electrons. The van der Waals surface area contributed by atoms with Gasteiger partial charge in [-0.05, 0) is 30.7 Å². The second-order valence-electron chi connectivity index (χ2n) is 4.32. The molecule has 0 amide bonds. The van der Waals surface area contributed by atoms with Crippen LogP contribution in [0.3, 0.4) is 0 Å². The van der Waals surface area contributed by atoms with Gasteiger partial charge in [-0.2, -0.15) is 8.42 Å². The molecule has 0 saturated heterocycles. The van der Waals surface area contributed by atoms with E-state index in [2.05, 4.69) is 0 Å². The maximum atomic E-state index is 12.3. The second kappa shape index (κ2) is 6.05. The van der Waals surface area contributed by atoms with Crippen molar-refractivity contribution < 1.29 is 22.1 Å². The number of ether oxygens (including phenoxy) is 2. The smallest absolute Gasteiger partial charge is 0.339 e. The van der Waals surface area contributed by atoms with Crippen molar-refractivity contribution in [3.05, 3.63) is 48.0 Å². The Balaban J connectivity index is 2.38. The van der Waals surface area contributed by atoms with Crippen molar-refractivity contribution in [3.8, 4) is 17.2 Å². The summed E-state index contributed by atoms with van der Waals surface area (Å²) in [5, 5.41) is 0. The molecule has 6 heteroatoms. The lowest BCUT2D eigenvalue weighted by Crippen LogP contribution is -2.10. The summed E-state index contributed by atoms with van der Waals surface area (Å²) >= 11 is 0. The third-order valence-corrected chi connectivity index (χ3v) is 4.17. The molecule has 0 atom stereocenters. The van der Waals surface area contributed by atoms with E-state index < -0.39 is 10.1 Å². The predicted molar refractivity (Wildman–Crippen MR) is 78.5 cm³/mol. The number of benzene rings is 2. The van der Waals surface area contributed by atoms with E-state index in [-0.39, 0.29) is 4.90 Å². The molecule has 0 aliphatic rings. The third-order valence-electron chi connectivity index (χ3n) is 2.94. The van der Waals surface area contributed by atoms with Crippen LogP contribution in [-0.4, -0.2) is 22.6 Å². The Morgan fingerprint density at radius 1 is 0.857 bits per heavy atom. The van der Waals surface area contributed by atoms with Crippen LogP contribution >= 0.6 is 0 Å². The van der Waals surface area contributed by atoms with E-state index in [4.69, 9.17) is 13.7 Å². The van der Waals surface area contributed by atoms with Crippen LogP contribution in [0.4, 0.5) is 0 Å². The summed E-state index contributed by atoms with van der Waals surface area (Å²) in [6.45, 7) is 1.78. The van der Waals surface area contributed by atoms with Crippen molar-refractivity contribution >= 4 is 10.1 Å². The molecule has 0 radical (unpaired) electrons. The number of hydrogen-bond acceptors (Lipinski definition) is 5. The Kier molecular flexibility index (Phi) is 4.37. The van der Waals surface area contributed by atoms with E-state index in [9.17, 15) is 8.42 Å². The Labute approximate surface area is 124 Å². The van der Waals surface area contributed by atoms with Gasteiger partial charge in [-0.1, -0.05) is 18.2 Å². The highest BCUT2D eigenvalue weighted by Gasteiger charge is 2.20. The van der Waals surface area contributed by atoms with Crippen molar-refractivity contribution in [1.29, 1.82) is 0 Å². The number of para-hydroxylation sites is 1. The van der Waals surface area contributed by atoms with Crippen molar-refractivity contribution in [2.45, 2.75) is 11.8 Å². The molecule has 0 aromatic heterocycles. The van der Waals surface area contributed by atoms with Crippen molar-refractivity contribution in [2.75, 3.05) is 14.2 Å². The van der Waals surface area contributed by atoms with Gasteiger partial charge in [0.05, 0.1) is 14.2 Å². The fourth-order valence-electron chi connectivity index (χ4n) is 1.79. The van der Waals surface area contributed by atoms with Gasteiger partial charge >= 0.3 is 10.1 Å². The van der Waals surface area contributed by atoms with Gasteiger partial charge in [0.25, 0.3) is 0 Å². The van der Waals surface area contributed by atoms with Crippen molar-refractivity contribution in [1.82, 2.24) is 0 Å². The molecular formula is C15H16O5S. The van der Waals surface area contributed by atoms with E-state index in [0.29, 0.717) is 17.2 Å². The van der Waals surface area contributed by atoms with Gasteiger partial charge in [-0.25, -0.2) is 0 Å². The lowest BCUT2D eigenvalue weighted by Gasteiger charge is -2.11. The lowest BCUT2D eigenvalue weighted by molar-refractivity contribution is 0.353. The molecule has 2 aromatic rings. The summed E-state index contributed by atoms with van der Waals surface area (Å²) in [6.07, 6.45) is 0. The lowest BCUT2D eigenvalue weighted by atomic mass is 10.2. The van der Waals surface area contributed by atoms with E-state index in [1.54, 1.807) is 25.1 Å². The van der Waals surface area contributed by atoms with Gasteiger partial charge in [0, 0.05) is 6.07 Å². The Morgan fingerprint density at radius 2 is 1.52 bits per heavy atom. The first-order chi connectivity index (χ1) is 9.97. The molecule has 0 heterocycles. The van der Waals surface area contributed by atoms with Gasteiger partial charge in [0.2, 0.25) is 0 Å². The number of aryl methyl sites for hydroxylation is 1. The van der Waals surface area contributed by atoms with Crippen LogP contribution < -0.4 is 13.7 Å². The predicted octanol–water partition coefficient (Wildman–Crippen LogP) is 2.78. The zero-order valence-electron chi connectivity index (χ0n) is 12.0. The quantitative estimate of drug-likeness (QED) is 0.795. The second-order valence-corrected chi connectivity index (χ2v) is 5.87. The molecule has 0 saturated carbocycles. The van der Waals surface area contributed by atoms with Crippen LogP contribution in [0.1, 0.15) is 5.56 Å². The molecule has 5 nitrogen and oxygen atoms in total. The molecule has 0 aliphatic carbocycles. The first kappa shape index (κ1) is 15.2. The first-order valence-corrected chi connectivity index (χ1v) is 7.61. The zero-order chi connectivity index (χ0) is 15.5. The number of rotatable bonds is 5. The van der Waals surface area contributed by atoms with E-state index in [1.165, 1.54) is 32.4 Å². The van der Waals surface area contributed by atoms with E-state index >= 15 is 0 Å². The summed E-state index contributed by atoms with van der Waals surface area (Å²) in [7, 11) is -1.01.